The summed E-state index contributed by atoms with van der Waals surface area (Å²) >= 11 is 0. The Morgan fingerprint density at radius 3 is 2.80 bits per heavy atom. The zero-order valence-corrected chi connectivity index (χ0v) is 13.4. The molecular weight excluding hydrogens is 250 g/mol. The Morgan fingerprint density at radius 2 is 2.20 bits per heavy atom. The average molecular weight is 279 g/mol. The van der Waals surface area contributed by atoms with Crippen LogP contribution in [-0.4, -0.2) is 47.3 Å². The maximum atomic E-state index is 4.69. The van der Waals surface area contributed by atoms with E-state index in [2.05, 4.69) is 42.4 Å². The van der Waals surface area contributed by atoms with E-state index in [9.17, 15) is 0 Å². The predicted molar refractivity (Wildman–Crippen MR) is 85.0 cm³/mol. The third kappa shape index (κ3) is 6.08. The van der Waals surface area contributed by atoms with Gasteiger partial charge in [0.05, 0.1) is 6.20 Å². The van der Waals surface area contributed by atoms with Crippen molar-refractivity contribution >= 4 is 5.96 Å². The molecule has 0 saturated carbocycles. The molecule has 0 fully saturated rings. The van der Waals surface area contributed by atoms with E-state index in [1.54, 1.807) is 0 Å². The van der Waals surface area contributed by atoms with E-state index in [4.69, 9.17) is 4.99 Å². The van der Waals surface area contributed by atoms with Gasteiger partial charge in [-0.15, -0.1) is 0 Å². The lowest BCUT2D eigenvalue weighted by Crippen LogP contribution is -2.39. The van der Waals surface area contributed by atoms with Gasteiger partial charge in [0.1, 0.15) is 0 Å². The van der Waals surface area contributed by atoms with E-state index < -0.39 is 0 Å². The third-order valence-corrected chi connectivity index (χ3v) is 3.19. The fourth-order valence-corrected chi connectivity index (χ4v) is 2.04. The first kappa shape index (κ1) is 16.5. The number of nitrogens with one attached hydrogen (secondary N) is 1. The van der Waals surface area contributed by atoms with Crippen LogP contribution in [0.25, 0.3) is 0 Å². The molecule has 0 spiro atoms. The first-order valence-corrected chi connectivity index (χ1v) is 7.64. The van der Waals surface area contributed by atoms with Gasteiger partial charge in [-0.2, -0.15) is 5.10 Å². The summed E-state index contributed by atoms with van der Waals surface area (Å²) in [6.45, 7) is 7.15. The average Bonchev–Trinajstić information content (AvgIpc) is 2.85. The summed E-state index contributed by atoms with van der Waals surface area (Å²) in [6, 6.07) is 0. The summed E-state index contributed by atoms with van der Waals surface area (Å²) in [6.07, 6.45) is 8.52. The van der Waals surface area contributed by atoms with Crippen molar-refractivity contribution in [2.24, 2.45) is 12.0 Å². The maximum absolute atomic E-state index is 4.69. The lowest BCUT2D eigenvalue weighted by molar-refractivity contribution is 0.464. The van der Waals surface area contributed by atoms with Crippen molar-refractivity contribution in [2.75, 3.05) is 26.7 Å². The Balaban J connectivity index is 2.37. The first-order valence-electron chi connectivity index (χ1n) is 7.64. The molecule has 0 saturated heterocycles. The summed E-state index contributed by atoms with van der Waals surface area (Å²) < 4.78 is 1.85. The molecular formula is C15H29N5. The summed E-state index contributed by atoms with van der Waals surface area (Å²) in [4.78, 5) is 6.91. The second-order valence-corrected chi connectivity index (χ2v) is 5.14. The molecule has 0 amide bonds. The number of hydrogen-bond acceptors (Lipinski definition) is 2. The third-order valence-electron chi connectivity index (χ3n) is 3.19. The number of hydrogen-bond donors (Lipinski definition) is 1. The second kappa shape index (κ2) is 9.39. The van der Waals surface area contributed by atoms with Gasteiger partial charge in [0.25, 0.3) is 0 Å². The molecule has 0 aromatic carbocycles. The van der Waals surface area contributed by atoms with Gasteiger partial charge in [-0.3, -0.25) is 9.67 Å². The second-order valence-electron chi connectivity index (χ2n) is 5.14. The van der Waals surface area contributed by atoms with Gasteiger partial charge in [-0.25, -0.2) is 0 Å². The van der Waals surface area contributed by atoms with Crippen molar-refractivity contribution in [3.05, 3.63) is 18.0 Å². The molecule has 1 rings (SSSR count). The summed E-state index contributed by atoms with van der Waals surface area (Å²) in [5.41, 5.74) is 1.28. The van der Waals surface area contributed by atoms with Crippen LogP contribution in [0.5, 0.6) is 0 Å². The van der Waals surface area contributed by atoms with Gasteiger partial charge in [0.2, 0.25) is 0 Å². The number of aromatic nitrogens is 2. The molecule has 1 N–H and O–H groups in total. The molecule has 0 aliphatic heterocycles. The molecule has 0 aliphatic rings. The molecule has 0 bridgehead atoms. The van der Waals surface area contributed by atoms with Gasteiger partial charge < -0.3 is 10.2 Å². The normalized spacial score (nSPS) is 11.7. The lowest BCUT2D eigenvalue weighted by Gasteiger charge is -2.21. The zero-order chi connectivity index (χ0) is 14.8. The summed E-state index contributed by atoms with van der Waals surface area (Å²) in [5.74, 6) is 1.02. The van der Waals surface area contributed by atoms with Gasteiger partial charge in [-0.05, 0) is 31.7 Å². The molecule has 1 aromatic rings. The van der Waals surface area contributed by atoms with Crippen LogP contribution in [0.3, 0.4) is 0 Å². The molecule has 20 heavy (non-hydrogen) atoms. The number of guanidine groups is 1. The van der Waals surface area contributed by atoms with Gasteiger partial charge in [0, 0.05) is 39.9 Å². The predicted octanol–water partition coefficient (Wildman–Crippen LogP) is 2.05. The summed E-state index contributed by atoms with van der Waals surface area (Å²) in [7, 11) is 4.06. The number of unbranched alkanes of at least 4 members (excludes halogenated alkanes) is 1. The smallest absolute Gasteiger partial charge is 0.193 e. The summed E-state index contributed by atoms with van der Waals surface area (Å²) in [5, 5.41) is 7.54. The van der Waals surface area contributed by atoms with Crippen molar-refractivity contribution in [2.45, 2.75) is 39.5 Å². The molecule has 0 unspecified atom stereocenters. The number of rotatable bonds is 8. The van der Waals surface area contributed by atoms with E-state index >= 15 is 0 Å². The highest BCUT2D eigenvalue weighted by Crippen LogP contribution is 2.01. The molecule has 0 atom stereocenters. The van der Waals surface area contributed by atoms with Crippen LogP contribution >= 0.6 is 0 Å². The van der Waals surface area contributed by atoms with Gasteiger partial charge in [-0.1, -0.05) is 13.3 Å². The van der Waals surface area contributed by atoms with Gasteiger partial charge >= 0.3 is 0 Å². The van der Waals surface area contributed by atoms with Crippen molar-refractivity contribution in [3.8, 4) is 0 Å². The molecule has 0 radical (unpaired) electrons. The van der Waals surface area contributed by atoms with Crippen LogP contribution in [0.2, 0.25) is 0 Å². The van der Waals surface area contributed by atoms with Crippen LogP contribution in [0.4, 0.5) is 0 Å². The van der Waals surface area contributed by atoms with Crippen molar-refractivity contribution in [1.29, 1.82) is 0 Å². The molecule has 5 heteroatoms. The zero-order valence-electron chi connectivity index (χ0n) is 13.4. The lowest BCUT2D eigenvalue weighted by atomic mass is 10.2. The molecule has 0 aliphatic carbocycles. The minimum Gasteiger partial charge on any atom is -0.357 e. The van der Waals surface area contributed by atoms with Crippen LogP contribution in [-0.2, 0) is 13.5 Å². The number of nitrogens with zero attached hydrogens (tertiary/aromatic N) is 4. The Hall–Kier alpha value is -1.52. The topological polar surface area (TPSA) is 45.5 Å². The highest BCUT2D eigenvalue weighted by atomic mass is 15.3. The standard InChI is InChI=1S/C15H29N5/c1-5-7-11-19(3)15(16-6-2)17-10-8-9-14-12-18-20(4)13-14/h12-13H,5-11H2,1-4H3,(H,16,17). The Morgan fingerprint density at radius 1 is 1.40 bits per heavy atom. The van der Waals surface area contributed by atoms with E-state index in [0.29, 0.717) is 0 Å². The maximum Gasteiger partial charge on any atom is 0.193 e. The van der Waals surface area contributed by atoms with E-state index in [0.717, 1.165) is 38.4 Å². The minimum absolute atomic E-state index is 0.855. The van der Waals surface area contributed by atoms with Crippen molar-refractivity contribution < 1.29 is 0 Å². The number of aryl methyl sites for hydroxylation is 2. The van der Waals surface area contributed by atoms with E-state index in [1.165, 1.54) is 18.4 Å². The minimum atomic E-state index is 0.855. The Kier molecular flexibility index (Phi) is 7.77. The molecule has 5 nitrogen and oxygen atoms in total. The molecule has 1 heterocycles. The van der Waals surface area contributed by atoms with Gasteiger partial charge in [0.15, 0.2) is 5.96 Å². The van der Waals surface area contributed by atoms with Crippen LogP contribution in [0.15, 0.2) is 17.4 Å². The fourth-order valence-electron chi connectivity index (χ4n) is 2.04. The van der Waals surface area contributed by atoms with Crippen LogP contribution in [0, 0.1) is 0 Å². The molecule has 1 aromatic heterocycles. The first-order chi connectivity index (χ1) is 9.67. The SMILES string of the molecule is CCCCN(C)C(=NCCCc1cnn(C)c1)NCC. The highest BCUT2D eigenvalue weighted by Gasteiger charge is 2.04. The van der Waals surface area contributed by atoms with Crippen molar-refractivity contribution in [3.63, 3.8) is 0 Å². The van der Waals surface area contributed by atoms with E-state index in [-0.39, 0.29) is 0 Å². The quantitative estimate of drug-likeness (QED) is 0.450. The monoisotopic (exact) mass is 279 g/mol. The van der Waals surface area contributed by atoms with Crippen LogP contribution in [0.1, 0.15) is 38.7 Å². The van der Waals surface area contributed by atoms with E-state index in [1.807, 2.05) is 17.9 Å². The Bertz CT molecular complexity index is 397. The number of aliphatic imine (C=N–C) groups is 1. The van der Waals surface area contributed by atoms with Crippen LogP contribution < -0.4 is 5.32 Å². The largest absolute Gasteiger partial charge is 0.357 e. The van der Waals surface area contributed by atoms with Crippen molar-refractivity contribution in [1.82, 2.24) is 20.0 Å². The fraction of sp³-hybridized carbons (Fsp3) is 0.733. The Labute approximate surface area is 123 Å². The molecule has 114 valence electrons. The highest BCUT2D eigenvalue weighted by molar-refractivity contribution is 5.79.